The molecule has 0 bridgehead atoms. The number of ether oxygens (including phenoxy) is 1. The zero-order valence-corrected chi connectivity index (χ0v) is 14.5. The van der Waals surface area contributed by atoms with Crippen molar-refractivity contribution in [3.8, 4) is 0 Å². The second-order valence-electron chi connectivity index (χ2n) is 7.37. The highest BCUT2D eigenvalue weighted by molar-refractivity contribution is 6.09. The van der Waals surface area contributed by atoms with Gasteiger partial charge in [-0.25, -0.2) is 4.79 Å². The molecule has 1 saturated carbocycles. The Morgan fingerprint density at radius 3 is 2.29 bits per heavy atom. The van der Waals surface area contributed by atoms with Crippen molar-refractivity contribution >= 4 is 17.8 Å². The zero-order valence-electron chi connectivity index (χ0n) is 14.5. The predicted molar refractivity (Wildman–Crippen MR) is 87.3 cm³/mol. The van der Waals surface area contributed by atoms with Crippen LogP contribution in [0.25, 0.3) is 0 Å². The molecule has 2 saturated heterocycles. The SMILES string of the molecule is C[C@@H]1CN(C(=O)CN2C(=O)NC3(CCCCCC3)C2=O)C[C@H](C)O1. The lowest BCUT2D eigenvalue weighted by molar-refractivity contribution is -0.146. The third-order valence-electron chi connectivity index (χ3n) is 5.27. The summed E-state index contributed by atoms with van der Waals surface area (Å²) < 4.78 is 5.63. The van der Waals surface area contributed by atoms with Gasteiger partial charge in [0, 0.05) is 13.1 Å². The summed E-state index contributed by atoms with van der Waals surface area (Å²) in [5.74, 6) is -0.414. The monoisotopic (exact) mass is 337 g/mol. The van der Waals surface area contributed by atoms with Gasteiger partial charge in [-0.05, 0) is 26.7 Å². The van der Waals surface area contributed by atoms with E-state index in [-0.39, 0.29) is 30.6 Å². The van der Waals surface area contributed by atoms with Gasteiger partial charge < -0.3 is 15.0 Å². The third-order valence-corrected chi connectivity index (χ3v) is 5.27. The fourth-order valence-corrected chi connectivity index (χ4v) is 4.11. The molecule has 0 aromatic heterocycles. The lowest BCUT2D eigenvalue weighted by Crippen LogP contribution is -2.52. The smallest absolute Gasteiger partial charge is 0.325 e. The van der Waals surface area contributed by atoms with Crippen LogP contribution in [0.2, 0.25) is 0 Å². The van der Waals surface area contributed by atoms with E-state index in [4.69, 9.17) is 4.74 Å². The summed E-state index contributed by atoms with van der Waals surface area (Å²) in [5, 5.41) is 2.88. The molecule has 1 N–H and O–H groups in total. The van der Waals surface area contributed by atoms with E-state index in [0.717, 1.165) is 30.6 Å². The molecular weight excluding hydrogens is 310 g/mol. The molecule has 7 nitrogen and oxygen atoms in total. The van der Waals surface area contributed by atoms with Crippen molar-refractivity contribution in [2.45, 2.75) is 70.1 Å². The van der Waals surface area contributed by atoms with Crippen LogP contribution in [-0.2, 0) is 14.3 Å². The van der Waals surface area contributed by atoms with Crippen LogP contribution in [0, 0.1) is 0 Å². The fourth-order valence-electron chi connectivity index (χ4n) is 4.11. The first-order valence-electron chi connectivity index (χ1n) is 8.99. The lowest BCUT2D eigenvalue weighted by Gasteiger charge is -2.35. The molecule has 0 unspecified atom stereocenters. The summed E-state index contributed by atoms with van der Waals surface area (Å²) in [4.78, 5) is 40.5. The van der Waals surface area contributed by atoms with Gasteiger partial charge in [0.15, 0.2) is 0 Å². The largest absolute Gasteiger partial charge is 0.372 e. The molecule has 134 valence electrons. The van der Waals surface area contributed by atoms with E-state index in [2.05, 4.69) is 5.32 Å². The maximum absolute atomic E-state index is 12.8. The van der Waals surface area contributed by atoms with Gasteiger partial charge in [-0.3, -0.25) is 14.5 Å². The van der Waals surface area contributed by atoms with Crippen molar-refractivity contribution in [2.75, 3.05) is 19.6 Å². The second kappa shape index (κ2) is 6.70. The standard InChI is InChI=1S/C17H27N3O4/c1-12-9-19(10-13(2)24-12)14(21)11-20-15(22)17(18-16(20)23)7-5-3-4-6-8-17/h12-13H,3-11H2,1-2H3,(H,18,23)/t12-,13+. The number of nitrogens with one attached hydrogen (secondary N) is 1. The number of nitrogens with zero attached hydrogens (tertiary/aromatic N) is 2. The Balaban J connectivity index is 1.67. The minimum Gasteiger partial charge on any atom is -0.372 e. The molecule has 0 aromatic rings. The van der Waals surface area contributed by atoms with Crippen LogP contribution >= 0.6 is 0 Å². The molecule has 1 aliphatic carbocycles. The van der Waals surface area contributed by atoms with E-state index in [1.54, 1.807) is 4.90 Å². The second-order valence-corrected chi connectivity index (χ2v) is 7.37. The molecule has 4 amide bonds. The third kappa shape index (κ3) is 3.27. The molecule has 2 aliphatic heterocycles. The van der Waals surface area contributed by atoms with E-state index < -0.39 is 11.6 Å². The van der Waals surface area contributed by atoms with Crippen LogP contribution in [0.1, 0.15) is 52.4 Å². The highest BCUT2D eigenvalue weighted by Gasteiger charge is 2.51. The summed E-state index contributed by atoms with van der Waals surface area (Å²) in [7, 11) is 0. The minimum absolute atomic E-state index is 0.0333. The molecule has 3 aliphatic rings. The maximum Gasteiger partial charge on any atom is 0.325 e. The van der Waals surface area contributed by atoms with E-state index in [9.17, 15) is 14.4 Å². The van der Waals surface area contributed by atoms with Crippen molar-refractivity contribution in [2.24, 2.45) is 0 Å². The Bertz CT molecular complexity index is 518. The van der Waals surface area contributed by atoms with Gasteiger partial charge >= 0.3 is 6.03 Å². The average molecular weight is 337 g/mol. The minimum atomic E-state index is -0.778. The van der Waals surface area contributed by atoms with Gasteiger partial charge in [0.1, 0.15) is 12.1 Å². The Kier molecular flexibility index (Phi) is 4.80. The summed E-state index contributed by atoms with van der Waals surface area (Å²) in [6.07, 6.45) is 5.34. The Morgan fingerprint density at radius 1 is 1.12 bits per heavy atom. The number of urea groups is 1. The number of hydrogen-bond acceptors (Lipinski definition) is 4. The van der Waals surface area contributed by atoms with E-state index >= 15 is 0 Å². The van der Waals surface area contributed by atoms with Crippen LogP contribution in [0.3, 0.4) is 0 Å². The molecule has 1 spiro atoms. The molecule has 2 heterocycles. The van der Waals surface area contributed by atoms with Crippen molar-refractivity contribution < 1.29 is 19.1 Å². The summed E-state index contributed by atoms with van der Waals surface area (Å²) >= 11 is 0. The summed E-state index contributed by atoms with van der Waals surface area (Å²) in [6.45, 7) is 4.66. The van der Waals surface area contributed by atoms with Gasteiger partial charge in [-0.2, -0.15) is 0 Å². The van der Waals surface area contributed by atoms with Crippen molar-refractivity contribution in [3.05, 3.63) is 0 Å². The van der Waals surface area contributed by atoms with Crippen LogP contribution in [-0.4, -0.2) is 65.0 Å². The van der Waals surface area contributed by atoms with Gasteiger partial charge in [-0.15, -0.1) is 0 Å². The molecule has 24 heavy (non-hydrogen) atoms. The highest BCUT2D eigenvalue weighted by Crippen LogP contribution is 2.32. The molecular formula is C17H27N3O4. The molecule has 3 rings (SSSR count). The normalized spacial score (nSPS) is 30.4. The fraction of sp³-hybridized carbons (Fsp3) is 0.824. The van der Waals surface area contributed by atoms with E-state index in [1.807, 2.05) is 13.8 Å². The topological polar surface area (TPSA) is 79.0 Å². The van der Waals surface area contributed by atoms with E-state index in [0.29, 0.717) is 25.9 Å². The van der Waals surface area contributed by atoms with Gasteiger partial charge in [0.05, 0.1) is 12.2 Å². The van der Waals surface area contributed by atoms with Crippen molar-refractivity contribution in [1.82, 2.24) is 15.1 Å². The van der Waals surface area contributed by atoms with Crippen molar-refractivity contribution in [1.29, 1.82) is 0 Å². The van der Waals surface area contributed by atoms with Gasteiger partial charge in [0.2, 0.25) is 5.91 Å². The predicted octanol–water partition coefficient (Wildman–Crippen LogP) is 1.27. The lowest BCUT2D eigenvalue weighted by atomic mass is 9.90. The van der Waals surface area contributed by atoms with Crippen LogP contribution in [0.5, 0.6) is 0 Å². The average Bonchev–Trinajstić information content (AvgIpc) is 2.70. The van der Waals surface area contributed by atoms with Crippen molar-refractivity contribution in [3.63, 3.8) is 0 Å². The first kappa shape index (κ1) is 17.2. The Hall–Kier alpha value is -1.63. The highest BCUT2D eigenvalue weighted by atomic mass is 16.5. The number of carbonyl (C=O) groups excluding carboxylic acids is 3. The summed E-state index contributed by atoms with van der Waals surface area (Å²) in [6, 6.07) is -0.426. The first-order valence-corrected chi connectivity index (χ1v) is 8.99. The Morgan fingerprint density at radius 2 is 1.71 bits per heavy atom. The molecule has 7 heteroatoms. The number of carbonyl (C=O) groups is 3. The molecule has 3 fully saturated rings. The molecule has 0 aromatic carbocycles. The Labute approximate surface area is 142 Å². The first-order chi connectivity index (χ1) is 11.4. The number of morpholine rings is 1. The van der Waals surface area contributed by atoms with Gasteiger partial charge in [0.25, 0.3) is 5.91 Å². The van der Waals surface area contributed by atoms with Crippen LogP contribution < -0.4 is 5.32 Å². The number of rotatable bonds is 2. The number of imide groups is 1. The van der Waals surface area contributed by atoms with Gasteiger partial charge in [-0.1, -0.05) is 25.7 Å². The summed E-state index contributed by atoms with van der Waals surface area (Å²) in [5.41, 5.74) is -0.778. The maximum atomic E-state index is 12.8. The molecule has 0 radical (unpaired) electrons. The number of hydrogen-bond donors (Lipinski definition) is 1. The van der Waals surface area contributed by atoms with Crippen LogP contribution in [0.4, 0.5) is 4.79 Å². The quantitative estimate of drug-likeness (QED) is 0.770. The zero-order chi connectivity index (χ0) is 17.3. The van der Waals surface area contributed by atoms with E-state index in [1.165, 1.54) is 0 Å². The number of amides is 4. The molecule has 2 atom stereocenters. The van der Waals surface area contributed by atoms with Crippen LogP contribution in [0.15, 0.2) is 0 Å².